The van der Waals surface area contributed by atoms with Gasteiger partial charge in [-0.1, -0.05) is 48.5 Å². The fourth-order valence-electron chi connectivity index (χ4n) is 5.10. The Morgan fingerprint density at radius 2 is 1.69 bits per heavy atom. The molecule has 1 unspecified atom stereocenters. The van der Waals surface area contributed by atoms with E-state index in [1.807, 2.05) is 66.7 Å². The summed E-state index contributed by atoms with van der Waals surface area (Å²) in [5.41, 5.74) is 5.59. The lowest BCUT2D eigenvalue weighted by atomic mass is 9.77. The van der Waals surface area contributed by atoms with Gasteiger partial charge in [-0.3, -0.25) is 14.5 Å². The molecule has 0 saturated carbocycles. The summed E-state index contributed by atoms with van der Waals surface area (Å²) in [5, 5.41) is 0. The van der Waals surface area contributed by atoms with Gasteiger partial charge in [0, 0.05) is 35.7 Å². The molecule has 0 bridgehead atoms. The van der Waals surface area contributed by atoms with E-state index < -0.39 is 0 Å². The molecule has 0 N–H and O–H groups in total. The predicted octanol–water partition coefficient (Wildman–Crippen LogP) is 6.11. The van der Waals surface area contributed by atoms with Crippen molar-refractivity contribution in [2.75, 3.05) is 12.0 Å². The van der Waals surface area contributed by atoms with Gasteiger partial charge in [0.1, 0.15) is 6.61 Å². The number of allylic oxidation sites excluding steroid dienone is 2. The van der Waals surface area contributed by atoms with Gasteiger partial charge in [0.05, 0.1) is 7.11 Å². The van der Waals surface area contributed by atoms with Crippen LogP contribution >= 0.6 is 0 Å². The molecular weight excluding hydrogens is 438 g/mol. The number of amides is 1. The number of hydrogen-bond acceptors (Lipinski definition) is 4. The zero-order chi connectivity index (χ0) is 24.4. The van der Waals surface area contributed by atoms with Crippen molar-refractivity contribution in [2.24, 2.45) is 0 Å². The largest absolute Gasteiger partial charge is 0.493 e. The van der Waals surface area contributed by atoms with E-state index in [2.05, 4.69) is 13.0 Å². The lowest BCUT2D eigenvalue weighted by Gasteiger charge is -2.38. The van der Waals surface area contributed by atoms with Crippen molar-refractivity contribution in [3.8, 4) is 11.5 Å². The number of aryl methyl sites for hydroxylation is 1. The molecule has 0 saturated heterocycles. The Hall–Kier alpha value is -3.86. The number of carbonyl (C=O) groups is 2. The van der Waals surface area contributed by atoms with E-state index in [-0.39, 0.29) is 24.0 Å². The Morgan fingerprint density at radius 1 is 0.914 bits per heavy atom. The van der Waals surface area contributed by atoms with Gasteiger partial charge in [-0.15, -0.1) is 0 Å². The first-order valence-electron chi connectivity index (χ1n) is 12.1. The first-order chi connectivity index (χ1) is 17.1. The van der Waals surface area contributed by atoms with Crippen molar-refractivity contribution >= 4 is 17.4 Å². The molecule has 1 aliphatic heterocycles. The number of methoxy groups -OCH3 is 1. The van der Waals surface area contributed by atoms with Crippen molar-refractivity contribution in [3.63, 3.8) is 0 Å². The number of ether oxygens (including phenoxy) is 2. The van der Waals surface area contributed by atoms with Gasteiger partial charge in [0.15, 0.2) is 17.3 Å². The second-order valence-electron chi connectivity index (χ2n) is 9.08. The summed E-state index contributed by atoms with van der Waals surface area (Å²) in [6, 6.07) is 23.5. The van der Waals surface area contributed by atoms with Gasteiger partial charge in [-0.05, 0) is 60.7 Å². The van der Waals surface area contributed by atoms with Crippen LogP contribution in [-0.4, -0.2) is 18.8 Å². The van der Waals surface area contributed by atoms with E-state index in [1.54, 1.807) is 12.0 Å². The summed E-state index contributed by atoms with van der Waals surface area (Å²) in [6.07, 6.45) is 2.23. The second-order valence-corrected chi connectivity index (χ2v) is 9.08. The summed E-state index contributed by atoms with van der Waals surface area (Å²) in [4.78, 5) is 28.3. The maximum Gasteiger partial charge on any atom is 0.232 e. The van der Waals surface area contributed by atoms with Crippen LogP contribution in [0.5, 0.6) is 11.5 Å². The Morgan fingerprint density at radius 3 is 2.46 bits per heavy atom. The highest BCUT2D eigenvalue weighted by molar-refractivity contribution is 6.07. The standard InChI is InChI=1S/C30H29NO4/c1-20-9-6-7-10-22(20)19-35-27-16-15-21(17-28(27)34-2)24-18-29(33)31(23-11-4-3-5-12-23)25-13-8-14-26(32)30(24)25/h3-7,9-12,15-17,24H,8,13-14,18-19H2,1-2H3. The van der Waals surface area contributed by atoms with Crippen molar-refractivity contribution in [1.29, 1.82) is 0 Å². The average Bonchev–Trinajstić information content (AvgIpc) is 2.88. The molecule has 0 radical (unpaired) electrons. The molecule has 3 aromatic carbocycles. The number of anilines is 1. The van der Waals surface area contributed by atoms with Gasteiger partial charge in [-0.2, -0.15) is 0 Å². The van der Waals surface area contributed by atoms with Gasteiger partial charge in [0.2, 0.25) is 5.91 Å². The van der Waals surface area contributed by atoms with Gasteiger partial charge in [-0.25, -0.2) is 0 Å². The second kappa shape index (κ2) is 9.79. The quantitative estimate of drug-likeness (QED) is 0.439. The van der Waals surface area contributed by atoms with Crippen molar-refractivity contribution in [2.45, 2.75) is 45.1 Å². The Labute approximate surface area is 206 Å². The summed E-state index contributed by atoms with van der Waals surface area (Å²) in [5.74, 6) is 1.08. The van der Waals surface area contributed by atoms with Crippen LogP contribution in [0, 0.1) is 6.92 Å². The summed E-state index contributed by atoms with van der Waals surface area (Å²) >= 11 is 0. The number of carbonyl (C=O) groups excluding carboxylic acids is 2. The van der Waals surface area contributed by atoms with Crippen molar-refractivity contribution in [1.82, 2.24) is 0 Å². The molecule has 2 aliphatic rings. The van der Waals surface area contributed by atoms with E-state index >= 15 is 0 Å². The lowest BCUT2D eigenvalue weighted by molar-refractivity contribution is -0.119. The molecule has 35 heavy (non-hydrogen) atoms. The number of ketones is 1. The fourth-order valence-corrected chi connectivity index (χ4v) is 5.10. The molecule has 5 heteroatoms. The van der Waals surface area contributed by atoms with E-state index in [0.717, 1.165) is 34.5 Å². The molecule has 0 fully saturated rings. The molecular formula is C30H29NO4. The summed E-state index contributed by atoms with van der Waals surface area (Å²) in [6.45, 7) is 2.49. The number of benzene rings is 3. The summed E-state index contributed by atoms with van der Waals surface area (Å²) in [7, 11) is 1.61. The van der Waals surface area contributed by atoms with Crippen LogP contribution in [-0.2, 0) is 16.2 Å². The third-order valence-corrected chi connectivity index (χ3v) is 6.92. The highest BCUT2D eigenvalue weighted by atomic mass is 16.5. The SMILES string of the molecule is COc1cc(C2CC(=O)N(c3ccccc3)C3=C2C(=O)CCC3)ccc1OCc1ccccc1C. The van der Waals surface area contributed by atoms with Crippen LogP contribution in [0.2, 0.25) is 0 Å². The molecule has 178 valence electrons. The molecule has 3 aromatic rings. The number of nitrogens with zero attached hydrogens (tertiary/aromatic N) is 1. The van der Waals surface area contributed by atoms with Crippen LogP contribution in [0.15, 0.2) is 84.1 Å². The minimum Gasteiger partial charge on any atom is -0.493 e. The van der Waals surface area contributed by atoms with E-state index in [0.29, 0.717) is 30.9 Å². The number of Topliss-reactive ketones (excluding diaryl/α,β-unsaturated/α-hetero) is 1. The molecule has 5 rings (SSSR count). The van der Waals surface area contributed by atoms with E-state index in [9.17, 15) is 9.59 Å². The Kier molecular flexibility index (Phi) is 6.41. The van der Waals surface area contributed by atoms with Crippen LogP contribution in [0.4, 0.5) is 5.69 Å². The first-order valence-corrected chi connectivity index (χ1v) is 12.1. The topological polar surface area (TPSA) is 55.8 Å². The average molecular weight is 468 g/mol. The lowest BCUT2D eigenvalue weighted by Crippen LogP contribution is -2.40. The minimum atomic E-state index is -0.287. The minimum absolute atomic E-state index is 0.00787. The molecule has 5 nitrogen and oxygen atoms in total. The molecule has 1 heterocycles. The normalized spacial score (nSPS) is 17.9. The Bertz CT molecular complexity index is 1290. The maximum atomic E-state index is 13.4. The molecule has 0 spiro atoms. The number of hydrogen-bond donors (Lipinski definition) is 0. The van der Waals surface area contributed by atoms with Gasteiger partial charge >= 0.3 is 0 Å². The highest BCUT2D eigenvalue weighted by Gasteiger charge is 2.39. The van der Waals surface area contributed by atoms with E-state index in [4.69, 9.17) is 9.47 Å². The zero-order valence-corrected chi connectivity index (χ0v) is 20.1. The zero-order valence-electron chi connectivity index (χ0n) is 20.1. The van der Waals surface area contributed by atoms with Crippen LogP contribution in [0.3, 0.4) is 0 Å². The molecule has 0 aromatic heterocycles. The third-order valence-electron chi connectivity index (χ3n) is 6.92. The first kappa shape index (κ1) is 22.9. The summed E-state index contributed by atoms with van der Waals surface area (Å²) < 4.78 is 11.7. The Balaban J connectivity index is 1.48. The van der Waals surface area contributed by atoms with Crippen LogP contribution < -0.4 is 14.4 Å². The maximum absolute atomic E-state index is 13.4. The van der Waals surface area contributed by atoms with Gasteiger partial charge in [0.25, 0.3) is 0 Å². The fraction of sp³-hybridized carbons (Fsp3) is 0.267. The number of para-hydroxylation sites is 1. The molecule has 1 amide bonds. The monoisotopic (exact) mass is 467 g/mol. The number of rotatable bonds is 6. The molecule has 1 atom stereocenters. The van der Waals surface area contributed by atoms with Crippen LogP contribution in [0.1, 0.15) is 48.3 Å². The predicted molar refractivity (Wildman–Crippen MR) is 136 cm³/mol. The highest BCUT2D eigenvalue weighted by Crippen LogP contribution is 2.44. The van der Waals surface area contributed by atoms with Crippen molar-refractivity contribution < 1.29 is 19.1 Å². The van der Waals surface area contributed by atoms with Crippen LogP contribution in [0.25, 0.3) is 0 Å². The van der Waals surface area contributed by atoms with Crippen molar-refractivity contribution in [3.05, 3.63) is 101 Å². The smallest absolute Gasteiger partial charge is 0.232 e. The van der Waals surface area contributed by atoms with E-state index in [1.165, 1.54) is 5.56 Å². The third kappa shape index (κ3) is 4.46. The van der Waals surface area contributed by atoms with Gasteiger partial charge < -0.3 is 9.47 Å². The molecule has 1 aliphatic carbocycles.